The minimum Gasteiger partial charge on any atom is -0.491 e. The molecule has 37 heavy (non-hydrogen) atoms. The molecular formula is C30H45NO6. The molecule has 7 nitrogen and oxygen atoms in total. The number of unbranched alkanes of at least 4 members (excludes halogenated alkanes) is 1. The Morgan fingerprint density at radius 2 is 1.62 bits per heavy atom. The molecule has 0 spiro atoms. The van der Waals surface area contributed by atoms with E-state index < -0.39 is 11.7 Å². The lowest BCUT2D eigenvalue weighted by molar-refractivity contribution is -0.0790. The van der Waals surface area contributed by atoms with Gasteiger partial charge in [0.1, 0.15) is 30.8 Å². The normalized spacial score (nSPS) is 18.1. The lowest BCUT2D eigenvalue weighted by atomic mass is 9.95. The molecule has 2 aromatic carbocycles. The molecule has 206 valence electrons. The number of benzene rings is 2. The van der Waals surface area contributed by atoms with Crippen molar-refractivity contribution in [2.45, 2.75) is 90.0 Å². The zero-order chi connectivity index (χ0) is 26.5. The van der Waals surface area contributed by atoms with Gasteiger partial charge in [-0.05, 0) is 55.2 Å². The van der Waals surface area contributed by atoms with E-state index in [-0.39, 0.29) is 18.8 Å². The van der Waals surface area contributed by atoms with Crippen LogP contribution in [0.5, 0.6) is 11.5 Å². The highest BCUT2D eigenvalue weighted by atomic mass is 16.6. The van der Waals surface area contributed by atoms with E-state index in [0.29, 0.717) is 32.8 Å². The highest BCUT2D eigenvalue weighted by Gasteiger charge is 2.27. The molecule has 0 aliphatic carbocycles. The average Bonchev–Trinajstić information content (AvgIpc) is 3.76. The van der Waals surface area contributed by atoms with Crippen LogP contribution < -0.4 is 15.2 Å². The first-order valence-electron chi connectivity index (χ1n) is 13.6. The van der Waals surface area contributed by atoms with Crippen molar-refractivity contribution in [1.82, 2.24) is 0 Å². The summed E-state index contributed by atoms with van der Waals surface area (Å²) in [5.74, 6) is 1.55. The maximum Gasteiger partial charge on any atom is 0.119 e. The van der Waals surface area contributed by atoms with Gasteiger partial charge in [-0.1, -0.05) is 51.0 Å². The zero-order valence-electron chi connectivity index (χ0n) is 22.7. The van der Waals surface area contributed by atoms with E-state index in [0.717, 1.165) is 54.9 Å². The summed E-state index contributed by atoms with van der Waals surface area (Å²) in [7, 11) is 0. The average molecular weight is 516 g/mol. The number of hydrogen-bond acceptors (Lipinski definition) is 7. The van der Waals surface area contributed by atoms with Crippen LogP contribution in [0.3, 0.4) is 0 Å². The highest BCUT2D eigenvalue weighted by Crippen LogP contribution is 2.25. The van der Waals surface area contributed by atoms with Gasteiger partial charge in [-0.15, -0.1) is 0 Å². The Morgan fingerprint density at radius 3 is 2.19 bits per heavy atom. The van der Waals surface area contributed by atoms with E-state index in [1.165, 1.54) is 0 Å². The number of aliphatic hydroxyl groups is 1. The van der Waals surface area contributed by atoms with Crippen molar-refractivity contribution in [2.75, 3.05) is 26.4 Å². The summed E-state index contributed by atoms with van der Waals surface area (Å²) >= 11 is 0. The molecule has 2 aromatic rings. The summed E-state index contributed by atoms with van der Waals surface area (Å²) in [5, 5.41) is 10.7. The van der Waals surface area contributed by atoms with Crippen molar-refractivity contribution in [3.8, 4) is 11.5 Å². The van der Waals surface area contributed by atoms with Crippen LogP contribution in [0.25, 0.3) is 0 Å². The molecule has 0 saturated carbocycles. The lowest BCUT2D eigenvalue weighted by Gasteiger charge is -2.31. The van der Waals surface area contributed by atoms with Crippen LogP contribution in [0.4, 0.5) is 0 Å². The number of rotatable bonds is 19. The van der Waals surface area contributed by atoms with Crippen LogP contribution in [0.15, 0.2) is 48.5 Å². The molecule has 1 aliphatic heterocycles. The maximum absolute atomic E-state index is 10.7. The Labute approximate surface area is 222 Å². The van der Waals surface area contributed by atoms with Crippen molar-refractivity contribution in [3.63, 3.8) is 0 Å². The summed E-state index contributed by atoms with van der Waals surface area (Å²) in [6.07, 6.45) is 4.22. The monoisotopic (exact) mass is 515 g/mol. The molecule has 1 fully saturated rings. The van der Waals surface area contributed by atoms with Gasteiger partial charge in [-0.2, -0.15) is 0 Å². The topological polar surface area (TPSA) is 95.7 Å². The number of nitrogens with two attached hydrogens (primary N) is 1. The molecule has 0 aromatic heterocycles. The van der Waals surface area contributed by atoms with Gasteiger partial charge in [0.25, 0.3) is 0 Å². The molecule has 4 unspecified atom stereocenters. The van der Waals surface area contributed by atoms with Crippen LogP contribution in [0.2, 0.25) is 0 Å². The van der Waals surface area contributed by atoms with Crippen molar-refractivity contribution in [1.29, 1.82) is 0 Å². The van der Waals surface area contributed by atoms with Gasteiger partial charge in [0.2, 0.25) is 0 Å². The van der Waals surface area contributed by atoms with Gasteiger partial charge in [-0.25, -0.2) is 0 Å². The Kier molecular flexibility index (Phi) is 12.2. The second-order valence-corrected chi connectivity index (χ2v) is 10.1. The Balaban J connectivity index is 1.38. The van der Waals surface area contributed by atoms with Gasteiger partial charge in [0, 0.05) is 13.0 Å². The molecule has 0 bridgehead atoms. The quantitative estimate of drug-likeness (QED) is 0.254. The largest absolute Gasteiger partial charge is 0.491 e. The third-order valence-corrected chi connectivity index (χ3v) is 6.76. The fourth-order valence-corrected chi connectivity index (χ4v) is 3.95. The van der Waals surface area contributed by atoms with E-state index in [9.17, 15) is 5.11 Å². The lowest BCUT2D eigenvalue weighted by Crippen LogP contribution is -2.35. The summed E-state index contributed by atoms with van der Waals surface area (Å²) in [5.41, 5.74) is 7.49. The number of hydrogen-bond donors (Lipinski definition) is 2. The van der Waals surface area contributed by atoms with Gasteiger partial charge < -0.3 is 34.5 Å². The summed E-state index contributed by atoms with van der Waals surface area (Å²) in [4.78, 5) is 0. The second kappa shape index (κ2) is 15.3. The molecule has 0 amide bonds. The van der Waals surface area contributed by atoms with Crippen molar-refractivity contribution in [3.05, 3.63) is 59.7 Å². The Morgan fingerprint density at radius 1 is 1.00 bits per heavy atom. The van der Waals surface area contributed by atoms with E-state index in [2.05, 4.69) is 13.8 Å². The van der Waals surface area contributed by atoms with Crippen molar-refractivity contribution < 1.29 is 28.8 Å². The van der Waals surface area contributed by atoms with Gasteiger partial charge in [-0.3, -0.25) is 0 Å². The predicted molar refractivity (Wildman–Crippen MR) is 145 cm³/mol. The van der Waals surface area contributed by atoms with E-state index in [4.69, 9.17) is 29.4 Å². The minimum atomic E-state index is -0.641. The summed E-state index contributed by atoms with van der Waals surface area (Å²) in [6, 6.07) is 15.7. The van der Waals surface area contributed by atoms with E-state index in [1.807, 2.05) is 55.5 Å². The fourth-order valence-electron chi connectivity index (χ4n) is 3.95. The molecule has 4 atom stereocenters. The SMILES string of the molecule is CCCCC(CN)OCc1ccc(OCC(O)CC(C)(CC)OCc2ccc(OCC3CO3)cc2)cc1. The molecular weight excluding hydrogens is 470 g/mol. The van der Waals surface area contributed by atoms with E-state index in [1.54, 1.807) is 0 Å². The Hall–Kier alpha value is -2.16. The molecule has 7 heteroatoms. The highest BCUT2D eigenvalue weighted by molar-refractivity contribution is 5.27. The third kappa shape index (κ3) is 11.0. The second-order valence-electron chi connectivity index (χ2n) is 10.1. The van der Waals surface area contributed by atoms with Crippen LogP contribution in [-0.4, -0.2) is 55.4 Å². The van der Waals surface area contributed by atoms with Gasteiger partial charge in [0.15, 0.2) is 0 Å². The molecule has 1 saturated heterocycles. The molecule has 1 heterocycles. The number of aliphatic hydroxyl groups excluding tert-OH is 1. The van der Waals surface area contributed by atoms with Crippen LogP contribution in [0.1, 0.15) is 64.0 Å². The van der Waals surface area contributed by atoms with Crippen molar-refractivity contribution >= 4 is 0 Å². The molecule has 0 radical (unpaired) electrons. The fraction of sp³-hybridized carbons (Fsp3) is 0.600. The van der Waals surface area contributed by atoms with Crippen LogP contribution in [-0.2, 0) is 27.4 Å². The summed E-state index contributed by atoms with van der Waals surface area (Å²) < 4.78 is 28.9. The predicted octanol–water partition coefficient (Wildman–Crippen LogP) is 5.01. The molecule has 1 aliphatic rings. The van der Waals surface area contributed by atoms with Crippen LogP contribution >= 0.6 is 0 Å². The molecule has 3 rings (SSSR count). The smallest absolute Gasteiger partial charge is 0.119 e. The zero-order valence-corrected chi connectivity index (χ0v) is 22.7. The molecule has 3 N–H and O–H groups in total. The standard InChI is InChI=1S/C30H45NO6/c1-4-6-7-28(17-31)33-18-23-8-12-26(13-9-23)34-20-25(32)16-30(3,5-2)37-19-24-10-14-27(15-11-24)35-21-29-22-36-29/h8-15,25,28-29,32H,4-7,16-22,31H2,1-3H3. The first-order valence-corrected chi connectivity index (χ1v) is 13.6. The minimum absolute atomic E-state index is 0.0991. The number of ether oxygens (including phenoxy) is 5. The first-order chi connectivity index (χ1) is 17.9. The van der Waals surface area contributed by atoms with Crippen molar-refractivity contribution in [2.24, 2.45) is 5.73 Å². The summed E-state index contributed by atoms with van der Waals surface area (Å²) in [6.45, 7) is 9.40. The number of epoxide rings is 1. The first kappa shape index (κ1) is 29.4. The third-order valence-electron chi connectivity index (χ3n) is 6.76. The maximum atomic E-state index is 10.7. The Bertz CT molecular complexity index is 886. The van der Waals surface area contributed by atoms with Gasteiger partial charge >= 0.3 is 0 Å². The van der Waals surface area contributed by atoms with E-state index >= 15 is 0 Å². The van der Waals surface area contributed by atoms with Crippen LogP contribution in [0, 0.1) is 0 Å². The van der Waals surface area contributed by atoms with Gasteiger partial charge in [0.05, 0.1) is 37.6 Å².